The molecule has 0 saturated heterocycles. The first-order valence-electron chi connectivity index (χ1n) is 5.10. The molecule has 88 valence electrons. The van der Waals surface area contributed by atoms with E-state index in [1.54, 1.807) is 37.1 Å². The van der Waals surface area contributed by atoms with Crippen LogP contribution in [0.2, 0.25) is 0 Å². The van der Waals surface area contributed by atoms with Gasteiger partial charge in [0.2, 0.25) is 0 Å². The van der Waals surface area contributed by atoms with Gasteiger partial charge in [0.1, 0.15) is 5.75 Å². The van der Waals surface area contributed by atoms with Crippen LogP contribution in [0, 0.1) is 6.92 Å². The fourth-order valence-corrected chi connectivity index (χ4v) is 1.56. The van der Waals surface area contributed by atoms with E-state index in [1.807, 2.05) is 6.92 Å². The van der Waals surface area contributed by atoms with Crippen molar-refractivity contribution in [1.29, 1.82) is 0 Å². The Morgan fingerprint density at radius 2 is 2.19 bits per heavy atom. The summed E-state index contributed by atoms with van der Waals surface area (Å²) >= 11 is 5.71. The number of phenols is 1. The zero-order valence-electron chi connectivity index (χ0n) is 9.70. The van der Waals surface area contributed by atoms with Crippen LogP contribution in [0.1, 0.15) is 22.8 Å². The van der Waals surface area contributed by atoms with Crippen molar-refractivity contribution in [3.05, 3.63) is 29.3 Å². The molecule has 3 nitrogen and oxygen atoms in total. The topological polar surface area (TPSA) is 40.5 Å². The second-order valence-electron chi connectivity index (χ2n) is 3.87. The van der Waals surface area contributed by atoms with Gasteiger partial charge in [-0.15, -0.1) is 11.6 Å². The molecule has 0 aromatic heterocycles. The number of amides is 1. The Kier molecular flexibility index (Phi) is 4.19. The van der Waals surface area contributed by atoms with Crippen LogP contribution >= 0.6 is 11.6 Å². The predicted octanol–water partition coefficient (Wildman–Crippen LogP) is 2.40. The van der Waals surface area contributed by atoms with Crippen molar-refractivity contribution in [2.24, 2.45) is 0 Å². The second-order valence-corrected chi connectivity index (χ2v) is 4.18. The SMILES string of the molecule is Cc1c(O)cccc1C(=O)N(C)C(C)CCl. The molecule has 16 heavy (non-hydrogen) atoms. The Bertz CT molecular complexity index is 393. The molecule has 1 atom stereocenters. The second kappa shape index (κ2) is 5.21. The minimum atomic E-state index is -0.124. The van der Waals surface area contributed by atoms with Gasteiger partial charge in [-0.1, -0.05) is 6.07 Å². The molecular weight excluding hydrogens is 226 g/mol. The van der Waals surface area contributed by atoms with Crippen LogP contribution in [-0.2, 0) is 0 Å². The Balaban J connectivity index is 3.01. The molecule has 1 aromatic carbocycles. The fourth-order valence-electron chi connectivity index (χ4n) is 1.35. The summed E-state index contributed by atoms with van der Waals surface area (Å²) in [6.07, 6.45) is 0. The normalized spacial score (nSPS) is 12.2. The molecule has 1 N–H and O–H groups in total. The zero-order valence-corrected chi connectivity index (χ0v) is 10.5. The van der Waals surface area contributed by atoms with Crippen molar-refractivity contribution in [2.45, 2.75) is 19.9 Å². The van der Waals surface area contributed by atoms with Gasteiger partial charge in [-0.2, -0.15) is 0 Å². The number of phenolic OH excluding ortho intramolecular Hbond substituents is 1. The summed E-state index contributed by atoms with van der Waals surface area (Å²) in [5, 5.41) is 9.53. The number of nitrogens with zero attached hydrogens (tertiary/aromatic N) is 1. The standard InChI is InChI=1S/C12H16ClNO2/c1-8(7-13)14(3)12(16)10-5-4-6-11(15)9(10)2/h4-6,8,15H,7H2,1-3H3. The van der Waals surface area contributed by atoms with Gasteiger partial charge < -0.3 is 10.0 Å². The molecule has 0 bridgehead atoms. The monoisotopic (exact) mass is 241 g/mol. The van der Waals surface area contributed by atoms with Crippen molar-refractivity contribution in [1.82, 2.24) is 4.90 Å². The molecular formula is C12H16ClNO2. The lowest BCUT2D eigenvalue weighted by Crippen LogP contribution is -2.36. The summed E-state index contributed by atoms with van der Waals surface area (Å²) in [6.45, 7) is 3.60. The third-order valence-corrected chi connectivity index (χ3v) is 3.19. The molecule has 4 heteroatoms. The van der Waals surface area contributed by atoms with Gasteiger partial charge in [0.05, 0.1) is 0 Å². The molecule has 0 spiro atoms. The zero-order chi connectivity index (χ0) is 12.3. The number of hydrogen-bond donors (Lipinski definition) is 1. The van der Waals surface area contributed by atoms with Crippen molar-refractivity contribution >= 4 is 17.5 Å². The molecule has 1 amide bonds. The van der Waals surface area contributed by atoms with Crippen molar-refractivity contribution in [2.75, 3.05) is 12.9 Å². The number of halogens is 1. The minimum Gasteiger partial charge on any atom is -0.508 e. The quantitative estimate of drug-likeness (QED) is 0.826. The molecule has 0 aliphatic rings. The number of aromatic hydroxyl groups is 1. The van der Waals surface area contributed by atoms with E-state index in [-0.39, 0.29) is 17.7 Å². The van der Waals surface area contributed by atoms with Gasteiger partial charge in [0, 0.05) is 30.1 Å². The highest BCUT2D eigenvalue weighted by Crippen LogP contribution is 2.21. The van der Waals surface area contributed by atoms with E-state index in [4.69, 9.17) is 11.6 Å². The van der Waals surface area contributed by atoms with Crippen LogP contribution in [0.4, 0.5) is 0 Å². The summed E-state index contributed by atoms with van der Waals surface area (Å²) in [6, 6.07) is 4.90. The average molecular weight is 242 g/mol. The number of carbonyl (C=O) groups excluding carboxylic acids is 1. The van der Waals surface area contributed by atoms with E-state index >= 15 is 0 Å². The van der Waals surface area contributed by atoms with Gasteiger partial charge in [0.15, 0.2) is 0 Å². The smallest absolute Gasteiger partial charge is 0.254 e. The maximum Gasteiger partial charge on any atom is 0.254 e. The molecule has 0 radical (unpaired) electrons. The van der Waals surface area contributed by atoms with Crippen LogP contribution in [-0.4, -0.2) is 34.9 Å². The maximum absolute atomic E-state index is 12.1. The highest BCUT2D eigenvalue weighted by atomic mass is 35.5. The molecule has 0 fully saturated rings. The predicted molar refractivity (Wildman–Crippen MR) is 65.1 cm³/mol. The van der Waals surface area contributed by atoms with Gasteiger partial charge in [-0.05, 0) is 26.0 Å². The molecule has 1 rings (SSSR count). The first kappa shape index (κ1) is 12.8. The molecule has 0 heterocycles. The maximum atomic E-state index is 12.1. The number of alkyl halides is 1. The van der Waals surface area contributed by atoms with Gasteiger partial charge >= 0.3 is 0 Å². The first-order valence-corrected chi connectivity index (χ1v) is 5.64. The summed E-state index contributed by atoms with van der Waals surface area (Å²) < 4.78 is 0. The van der Waals surface area contributed by atoms with Crippen molar-refractivity contribution < 1.29 is 9.90 Å². The van der Waals surface area contributed by atoms with E-state index in [2.05, 4.69) is 0 Å². The Hall–Kier alpha value is -1.22. The van der Waals surface area contributed by atoms with E-state index in [1.165, 1.54) is 0 Å². The van der Waals surface area contributed by atoms with Crippen LogP contribution < -0.4 is 0 Å². The molecule has 0 saturated carbocycles. The molecule has 1 unspecified atom stereocenters. The number of benzene rings is 1. The van der Waals surface area contributed by atoms with E-state index in [0.29, 0.717) is 17.0 Å². The van der Waals surface area contributed by atoms with Crippen LogP contribution in [0.5, 0.6) is 5.75 Å². The van der Waals surface area contributed by atoms with E-state index in [0.717, 1.165) is 0 Å². The van der Waals surface area contributed by atoms with Crippen molar-refractivity contribution in [3.63, 3.8) is 0 Å². The summed E-state index contributed by atoms with van der Waals surface area (Å²) in [7, 11) is 1.71. The van der Waals surface area contributed by atoms with Crippen LogP contribution in [0.25, 0.3) is 0 Å². The lowest BCUT2D eigenvalue weighted by Gasteiger charge is -2.23. The highest BCUT2D eigenvalue weighted by molar-refractivity contribution is 6.18. The van der Waals surface area contributed by atoms with E-state index < -0.39 is 0 Å². The van der Waals surface area contributed by atoms with Gasteiger partial charge in [0.25, 0.3) is 5.91 Å². The first-order chi connectivity index (χ1) is 7.49. The summed E-state index contributed by atoms with van der Waals surface area (Å²) in [5.74, 6) is 0.402. The van der Waals surface area contributed by atoms with E-state index in [9.17, 15) is 9.90 Å². The molecule has 0 aliphatic heterocycles. The average Bonchev–Trinajstić information content (AvgIpc) is 2.29. The van der Waals surface area contributed by atoms with Gasteiger partial charge in [-0.3, -0.25) is 4.79 Å². The van der Waals surface area contributed by atoms with Crippen LogP contribution in [0.15, 0.2) is 18.2 Å². The lowest BCUT2D eigenvalue weighted by molar-refractivity contribution is 0.0755. The highest BCUT2D eigenvalue weighted by Gasteiger charge is 2.19. The van der Waals surface area contributed by atoms with Gasteiger partial charge in [-0.25, -0.2) is 0 Å². The summed E-state index contributed by atoms with van der Waals surface area (Å²) in [5.41, 5.74) is 1.11. The summed E-state index contributed by atoms with van der Waals surface area (Å²) in [4.78, 5) is 13.7. The Morgan fingerprint density at radius 1 is 1.56 bits per heavy atom. The van der Waals surface area contributed by atoms with Crippen molar-refractivity contribution in [3.8, 4) is 5.75 Å². The van der Waals surface area contributed by atoms with Crippen LogP contribution in [0.3, 0.4) is 0 Å². The Labute approximate surface area is 101 Å². The largest absolute Gasteiger partial charge is 0.508 e. The number of rotatable bonds is 3. The third kappa shape index (κ3) is 2.47. The Morgan fingerprint density at radius 3 is 2.75 bits per heavy atom. The molecule has 0 aliphatic carbocycles. The fraction of sp³-hybridized carbons (Fsp3) is 0.417. The minimum absolute atomic E-state index is 0.0316. The molecule has 1 aromatic rings. The third-order valence-electron chi connectivity index (χ3n) is 2.74. The lowest BCUT2D eigenvalue weighted by atomic mass is 10.1. The number of carbonyl (C=O) groups is 1. The number of hydrogen-bond acceptors (Lipinski definition) is 2.